The largest absolute Gasteiger partial charge is 0.478 e. The Morgan fingerprint density at radius 3 is 2.64 bits per heavy atom. The first-order valence-electron chi connectivity index (χ1n) is 3.31. The number of hydrogen-bond acceptors (Lipinski definition) is 2. The van der Waals surface area contributed by atoms with Crippen LogP contribution in [0, 0.1) is 3.70 Å². The molecule has 0 aliphatic rings. The highest BCUT2D eigenvalue weighted by Crippen LogP contribution is 2.27. The van der Waals surface area contributed by atoms with E-state index in [0.717, 1.165) is 6.07 Å². The second-order valence-corrected chi connectivity index (χ2v) is 4.09. The van der Waals surface area contributed by atoms with Crippen LogP contribution in [0.3, 0.4) is 0 Å². The van der Waals surface area contributed by atoms with Gasteiger partial charge in [-0.1, -0.05) is 0 Å². The van der Waals surface area contributed by atoms with Crippen LogP contribution in [0.25, 0.3) is 0 Å². The van der Waals surface area contributed by atoms with Crippen LogP contribution < -0.4 is 0 Å². The third kappa shape index (κ3) is 2.38. The van der Waals surface area contributed by atoms with E-state index in [1.807, 2.05) is 0 Å². The van der Waals surface area contributed by atoms with Crippen LogP contribution in [-0.4, -0.2) is 16.1 Å². The van der Waals surface area contributed by atoms with Crippen LogP contribution in [-0.2, 0) is 0 Å². The van der Waals surface area contributed by atoms with Crippen LogP contribution in [0.15, 0.2) is 10.7 Å². The summed E-state index contributed by atoms with van der Waals surface area (Å²) in [5, 5.41) is 8.65. The van der Waals surface area contributed by atoms with Crippen molar-refractivity contribution < 1.29 is 18.7 Å². The molecule has 76 valence electrons. The highest BCUT2D eigenvalue weighted by Gasteiger charge is 2.18. The molecule has 1 N–H and O–H groups in total. The summed E-state index contributed by atoms with van der Waals surface area (Å²) in [4.78, 5) is 14.2. The molecule has 0 atom stereocenters. The van der Waals surface area contributed by atoms with Crippen LogP contribution in [0.4, 0.5) is 8.78 Å². The van der Waals surface area contributed by atoms with Crippen LogP contribution in [0.5, 0.6) is 0 Å². The molecular formula is C7H3BrF2INO2. The van der Waals surface area contributed by atoms with E-state index in [1.54, 1.807) is 22.6 Å². The zero-order chi connectivity index (χ0) is 10.9. The average Bonchev–Trinajstić information content (AvgIpc) is 2.02. The van der Waals surface area contributed by atoms with Gasteiger partial charge in [-0.2, -0.15) is 0 Å². The van der Waals surface area contributed by atoms with Crippen molar-refractivity contribution in [3.8, 4) is 0 Å². The molecule has 0 aliphatic heterocycles. The van der Waals surface area contributed by atoms with Crippen molar-refractivity contribution in [3.63, 3.8) is 0 Å². The molecule has 3 nitrogen and oxygen atoms in total. The van der Waals surface area contributed by atoms with Crippen LogP contribution >= 0.6 is 38.5 Å². The minimum absolute atomic E-state index is 0.0544. The Morgan fingerprint density at radius 1 is 1.64 bits per heavy atom. The lowest BCUT2D eigenvalue weighted by Gasteiger charge is -2.05. The van der Waals surface area contributed by atoms with Gasteiger partial charge in [-0.3, -0.25) is 0 Å². The van der Waals surface area contributed by atoms with E-state index in [0.29, 0.717) is 0 Å². The third-order valence-corrected chi connectivity index (χ3v) is 2.89. The summed E-state index contributed by atoms with van der Waals surface area (Å²) >= 11 is 4.52. The smallest absolute Gasteiger partial charge is 0.338 e. The molecule has 0 saturated carbocycles. The molecule has 0 spiro atoms. The molecule has 0 aromatic carbocycles. The predicted octanol–water partition coefficient (Wildman–Crippen LogP) is 3.08. The maximum atomic E-state index is 12.3. The molecule has 1 aromatic heterocycles. The number of carboxylic acids is 1. The Bertz CT molecular complexity index is 386. The van der Waals surface area contributed by atoms with Gasteiger partial charge < -0.3 is 5.11 Å². The molecule has 0 aliphatic carbocycles. The number of nitrogens with zero attached hydrogens (tertiary/aromatic N) is 1. The van der Waals surface area contributed by atoms with E-state index in [1.165, 1.54) is 0 Å². The summed E-state index contributed by atoms with van der Waals surface area (Å²) in [6, 6.07) is 0.922. The Hall–Kier alpha value is -0.310. The van der Waals surface area contributed by atoms with E-state index in [-0.39, 0.29) is 19.4 Å². The van der Waals surface area contributed by atoms with Gasteiger partial charge in [0.1, 0.15) is 8.30 Å². The number of carboxylic acid groups (broad SMARTS) is 1. The zero-order valence-electron chi connectivity index (χ0n) is 6.47. The van der Waals surface area contributed by atoms with E-state index >= 15 is 0 Å². The first kappa shape index (κ1) is 11.8. The fourth-order valence-electron chi connectivity index (χ4n) is 0.789. The van der Waals surface area contributed by atoms with Gasteiger partial charge in [0.2, 0.25) is 0 Å². The quantitative estimate of drug-likeness (QED) is 0.636. The van der Waals surface area contributed by atoms with Crippen molar-refractivity contribution in [2.45, 2.75) is 6.43 Å². The number of pyridine rings is 1. The first-order chi connectivity index (χ1) is 6.43. The van der Waals surface area contributed by atoms with Gasteiger partial charge in [0, 0.05) is 0 Å². The van der Waals surface area contributed by atoms with Crippen LogP contribution in [0.1, 0.15) is 22.3 Å². The van der Waals surface area contributed by atoms with E-state index in [9.17, 15) is 13.6 Å². The van der Waals surface area contributed by atoms with Crippen molar-refractivity contribution >= 4 is 44.5 Å². The molecule has 7 heteroatoms. The Kier molecular flexibility index (Phi) is 3.76. The van der Waals surface area contributed by atoms with Crippen LogP contribution in [0.2, 0.25) is 0 Å². The molecule has 1 heterocycles. The standard InChI is InChI=1S/C7H3BrF2INO2/c8-4-2(7(13)14)1-3(5(9)10)6(11)12-4/h1,5H,(H,13,14). The summed E-state index contributed by atoms with van der Waals surface area (Å²) in [5.41, 5.74) is -0.632. The fourth-order valence-corrected chi connectivity index (χ4v) is 2.21. The predicted molar refractivity (Wildman–Crippen MR) is 56.6 cm³/mol. The summed E-state index contributed by atoms with van der Waals surface area (Å²) in [6.07, 6.45) is -2.72. The van der Waals surface area contributed by atoms with Gasteiger partial charge >= 0.3 is 5.97 Å². The SMILES string of the molecule is O=C(O)c1cc(C(F)F)c(I)nc1Br. The van der Waals surface area contributed by atoms with Crippen molar-refractivity contribution in [2.24, 2.45) is 0 Å². The Labute approximate surface area is 99.8 Å². The molecule has 0 fully saturated rings. The summed E-state index contributed by atoms with van der Waals surface area (Å²) < 4.78 is 24.8. The average molecular weight is 378 g/mol. The normalized spacial score (nSPS) is 10.6. The maximum absolute atomic E-state index is 12.3. The van der Waals surface area contributed by atoms with Crippen molar-refractivity contribution in [2.75, 3.05) is 0 Å². The monoisotopic (exact) mass is 377 g/mol. The highest BCUT2D eigenvalue weighted by molar-refractivity contribution is 14.1. The van der Waals surface area contributed by atoms with E-state index in [4.69, 9.17) is 5.11 Å². The molecule has 0 bridgehead atoms. The minimum atomic E-state index is -2.72. The lowest BCUT2D eigenvalue weighted by molar-refractivity contribution is 0.0694. The number of aromatic nitrogens is 1. The van der Waals surface area contributed by atoms with E-state index in [2.05, 4.69) is 20.9 Å². The molecule has 0 unspecified atom stereocenters. The Balaban J connectivity index is 3.34. The fraction of sp³-hybridized carbons (Fsp3) is 0.143. The topological polar surface area (TPSA) is 50.2 Å². The van der Waals surface area contributed by atoms with Gasteiger partial charge in [0.25, 0.3) is 6.43 Å². The van der Waals surface area contributed by atoms with Gasteiger partial charge in [-0.05, 0) is 44.6 Å². The lowest BCUT2D eigenvalue weighted by Crippen LogP contribution is -2.04. The van der Waals surface area contributed by atoms with Gasteiger partial charge in [0.15, 0.2) is 0 Å². The third-order valence-electron chi connectivity index (χ3n) is 1.42. The molecule has 1 rings (SSSR count). The van der Waals surface area contributed by atoms with Gasteiger partial charge in [-0.25, -0.2) is 18.6 Å². The Morgan fingerprint density at radius 2 is 2.21 bits per heavy atom. The van der Waals surface area contributed by atoms with E-state index < -0.39 is 12.4 Å². The summed E-state index contributed by atoms with van der Waals surface area (Å²) in [6.45, 7) is 0. The van der Waals surface area contributed by atoms with Crippen molar-refractivity contribution in [3.05, 3.63) is 25.5 Å². The van der Waals surface area contributed by atoms with Gasteiger partial charge in [-0.15, -0.1) is 0 Å². The number of aromatic carboxylic acids is 1. The maximum Gasteiger partial charge on any atom is 0.338 e. The second-order valence-electron chi connectivity index (χ2n) is 2.31. The van der Waals surface area contributed by atoms with Crippen molar-refractivity contribution in [1.82, 2.24) is 4.98 Å². The summed E-state index contributed by atoms with van der Waals surface area (Å²) in [7, 11) is 0. The first-order valence-corrected chi connectivity index (χ1v) is 5.18. The van der Waals surface area contributed by atoms with Gasteiger partial charge in [0.05, 0.1) is 11.1 Å². The number of halogens is 4. The molecular weight excluding hydrogens is 375 g/mol. The lowest BCUT2D eigenvalue weighted by atomic mass is 10.2. The molecule has 0 radical (unpaired) electrons. The second kappa shape index (κ2) is 4.47. The number of alkyl halides is 2. The molecule has 14 heavy (non-hydrogen) atoms. The summed E-state index contributed by atoms with van der Waals surface area (Å²) in [5.74, 6) is -1.29. The highest BCUT2D eigenvalue weighted by atomic mass is 127. The number of hydrogen-bond donors (Lipinski definition) is 1. The number of rotatable bonds is 2. The minimum Gasteiger partial charge on any atom is -0.478 e. The molecule has 0 amide bonds. The molecule has 0 saturated heterocycles. The number of carbonyl (C=O) groups is 1. The molecule has 1 aromatic rings. The van der Waals surface area contributed by atoms with Crippen molar-refractivity contribution in [1.29, 1.82) is 0 Å². The zero-order valence-corrected chi connectivity index (χ0v) is 10.2.